The average Bonchev–Trinajstić information content (AvgIpc) is 2.93. The summed E-state index contributed by atoms with van der Waals surface area (Å²) in [5, 5.41) is 9.84. The SMILES string of the molecule is O=S(=O)(NCCc1cnc[nH]1)c1[nH]ncc1CNC1CC1. The summed E-state index contributed by atoms with van der Waals surface area (Å²) < 4.78 is 27.1. The van der Waals surface area contributed by atoms with Crippen LogP contribution in [-0.4, -0.2) is 41.2 Å². The van der Waals surface area contributed by atoms with E-state index in [0.717, 1.165) is 18.5 Å². The number of imidazole rings is 1. The number of hydrogen-bond acceptors (Lipinski definition) is 5. The van der Waals surface area contributed by atoms with Gasteiger partial charge in [0.1, 0.15) is 0 Å². The lowest BCUT2D eigenvalue weighted by Crippen LogP contribution is -2.28. The van der Waals surface area contributed by atoms with Gasteiger partial charge in [-0.05, 0) is 12.8 Å². The first kappa shape index (κ1) is 14.2. The van der Waals surface area contributed by atoms with E-state index in [1.54, 1.807) is 18.7 Å². The molecular formula is C12H18N6O2S. The van der Waals surface area contributed by atoms with Crippen LogP contribution in [0.1, 0.15) is 24.1 Å². The first-order valence-electron chi connectivity index (χ1n) is 6.88. The van der Waals surface area contributed by atoms with Crippen LogP contribution in [0, 0.1) is 0 Å². The second kappa shape index (κ2) is 5.96. The van der Waals surface area contributed by atoms with E-state index in [4.69, 9.17) is 0 Å². The Balaban J connectivity index is 1.59. The highest BCUT2D eigenvalue weighted by Gasteiger charge is 2.24. The van der Waals surface area contributed by atoms with Crippen LogP contribution in [0.3, 0.4) is 0 Å². The first-order valence-corrected chi connectivity index (χ1v) is 8.36. The van der Waals surface area contributed by atoms with Gasteiger partial charge in [-0.25, -0.2) is 18.1 Å². The topological polar surface area (TPSA) is 116 Å². The molecular weight excluding hydrogens is 292 g/mol. The normalized spacial score (nSPS) is 15.4. The third kappa shape index (κ3) is 3.69. The largest absolute Gasteiger partial charge is 0.348 e. The standard InChI is InChI=1S/C12H18N6O2S/c19-21(20,17-4-3-11-7-13-8-15-11)12-9(6-16-18-12)5-14-10-1-2-10/h6-8,10,14,17H,1-5H2,(H,13,15)(H,16,18). The molecule has 0 aliphatic heterocycles. The summed E-state index contributed by atoms with van der Waals surface area (Å²) in [5.74, 6) is 0. The number of nitrogens with zero attached hydrogens (tertiary/aromatic N) is 2. The molecule has 2 aromatic rings. The van der Waals surface area contributed by atoms with Crippen molar-refractivity contribution in [3.8, 4) is 0 Å². The molecule has 1 fully saturated rings. The molecule has 0 spiro atoms. The van der Waals surface area contributed by atoms with Crippen LogP contribution in [0.2, 0.25) is 0 Å². The molecule has 0 bridgehead atoms. The number of hydrogen-bond donors (Lipinski definition) is 4. The Hall–Kier alpha value is -1.71. The van der Waals surface area contributed by atoms with E-state index in [-0.39, 0.29) is 5.03 Å². The van der Waals surface area contributed by atoms with Crippen molar-refractivity contribution in [1.29, 1.82) is 0 Å². The van der Waals surface area contributed by atoms with E-state index in [1.807, 2.05) is 0 Å². The average molecular weight is 310 g/mol. The van der Waals surface area contributed by atoms with Crippen LogP contribution in [0.25, 0.3) is 0 Å². The second-order valence-corrected chi connectivity index (χ2v) is 6.81. The number of rotatable bonds is 8. The quantitative estimate of drug-likeness (QED) is 0.544. The molecule has 21 heavy (non-hydrogen) atoms. The Morgan fingerprint density at radius 3 is 2.90 bits per heavy atom. The monoisotopic (exact) mass is 310 g/mol. The maximum absolute atomic E-state index is 12.3. The van der Waals surface area contributed by atoms with Gasteiger partial charge < -0.3 is 10.3 Å². The van der Waals surface area contributed by atoms with Gasteiger partial charge in [-0.3, -0.25) is 5.10 Å². The number of H-pyrrole nitrogens is 2. The van der Waals surface area contributed by atoms with Gasteiger partial charge >= 0.3 is 0 Å². The predicted octanol–water partition coefficient (Wildman–Crippen LogP) is -0.0942. The lowest BCUT2D eigenvalue weighted by molar-refractivity contribution is 0.573. The number of nitrogens with one attached hydrogen (secondary N) is 4. The van der Waals surface area contributed by atoms with Gasteiger partial charge in [0.2, 0.25) is 0 Å². The third-order valence-corrected chi connectivity index (χ3v) is 4.82. The lowest BCUT2D eigenvalue weighted by atomic mass is 10.3. The summed E-state index contributed by atoms with van der Waals surface area (Å²) in [5.41, 5.74) is 1.55. The zero-order chi connectivity index (χ0) is 14.7. The lowest BCUT2D eigenvalue weighted by Gasteiger charge is -2.07. The Kier molecular flexibility index (Phi) is 4.04. The van der Waals surface area contributed by atoms with Crippen LogP contribution in [-0.2, 0) is 23.0 Å². The molecule has 9 heteroatoms. The molecule has 3 rings (SSSR count). The van der Waals surface area contributed by atoms with E-state index in [0.29, 0.717) is 31.1 Å². The Labute approximate surface area is 122 Å². The minimum Gasteiger partial charge on any atom is -0.348 e. The highest BCUT2D eigenvalue weighted by Crippen LogP contribution is 2.20. The van der Waals surface area contributed by atoms with Crippen molar-refractivity contribution < 1.29 is 8.42 Å². The number of aromatic amines is 2. The fourth-order valence-electron chi connectivity index (χ4n) is 2.01. The maximum Gasteiger partial charge on any atom is 0.257 e. The van der Waals surface area contributed by atoms with Crippen molar-refractivity contribution in [3.05, 3.63) is 30.0 Å². The minimum absolute atomic E-state index is 0.139. The van der Waals surface area contributed by atoms with Gasteiger partial charge in [0.25, 0.3) is 10.0 Å². The molecule has 1 aliphatic carbocycles. The summed E-state index contributed by atoms with van der Waals surface area (Å²) in [6, 6.07) is 0.517. The summed E-state index contributed by atoms with van der Waals surface area (Å²) in [6.07, 6.45) is 7.67. The third-order valence-electron chi connectivity index (χ3n) is 3.35. The number of sulfonamides is 1. The Bertz CT molecular complexity index is 674. The molecule has 0 radical (unpaired) electrons. The van der Waals surface area contributed by atoms with E-state index in [1.165, 1.54) is 0 Å². The minimum atomic E-state index is -3.57. The summed E-state index contributed by atoms with van der Waals surface area (Å²) >= 11 is 0. The van der Waals surface area contributed by atoms with Crippen LogP contribution in [0.15, 0.2) is 23.7 Å². The first-order chi connectivity index (χ1) is 10.1. The fourth-order valence-corrected chi connectivity index (χ4v) is 3.17. The highest BCUT2D eigenvalue weighted by molar-refractivity contribution is 7.89. The van der Waals surface area contributed by atoms with Crippen molar-refractivity contribution in [1.82, 2.24) is 30.2 Å². The van der Waals surface area contributed by atoms with Crippen LogP contribution < -0.4 is 10.0 Å². The molecule has 0 amide bonds. The number of aromatic nitrogens is 4. The smallest absolute Gasteiger partial charge is 0.257 e. The summed E-state index contributed by atoms with van der Waals surface area (Å²) in [4.78, 5) is 6.82. The van der Waals surface area contributed by atoms with Crippen molar-refractivity contribution in [3.63, 3.8) is 0 Å². The van der Waals surface area contributed by atoms with Crippen LogP contribution >= 0.6 is 0 Å². The Morgan fingerprint density at radius 2 is 2.19 bits per heavy atom. The van der Waals surface area contributed by atoms with Gasteiger partial charge in [-0.1, -0.05) is 0 Å². The van der Waals surface area contributed by atoms with Gasteiger partial charge in [0.15, 0.2) is 5.03 Å². The van der Waals surface area contributed by atoms with Crippen molar-refractivity contribution in [2.45, 2.75) is 36.9 Å². The Morgan fingerprint density at radius 1 is 1.33 bits per heavy atom. The van der Waals surface area contributed by atoms with Crippen LogP contribution in [0.4, 0.5) is 0 Å². The zero-order valence-corrected chi connectivity index (χ0v) is 12.3. The molecule has 1 aliphatic rings. The van der Waals surface area contributed by atoms with Crippen molar-refractivity contribution in [2.24, 2.45) is 0 Å². The second-order valence-electron chi connectivity index (χ2n) is 5.10. The van der Waals surface area contributed by atoms with Gasteiger partial charge in [-0.2, -0.15) is 5.10 Å². The molecule has 114 valence electrons. The molecule has 0 unspecified atom stereocenters. The molecule has 8 nitrogen and oxygen atoms in total. The molecule has 0 atom stereocenters. The maximum atomic E-state index is 12.3. The van der Waals surface area contributed by atoms with E-state index in [2.05, 4.69) is 30.2 Å². The van der Waals surface area contributed by atoms with Gasteiger partial charge in [0.05, 0.1) is 12.5 Å². The van der Waals surface area contributed by atoms with Crippen LogP contribution in [0.5, 0.6) is 0 Å². The van der Waals surface area contributed by atoms with E-state index >= 15 is 0 Å². The molecule has 1 saturated carbocycles. The summed E-state index contributed by atoms with van der Waals surface area (Å²) in [7, 11) is -3.57. The van der Waals surface area contributed by atoms with Crippen molar-refractivity contribution in [2.75, 3.05) is 6.54 Å². The highest BCUT2D eigenvalue weighted by atomic mass is 32.2. The molecule has 0 saturated heterocycles. The molecule has 0 aromatic carbocycles. The van der Waals surface area contributed by atoms with Crippen molar-refractivity contribution >= 4 is 10.0 Å². The van der Waals surface area contributed by atoms with E-state index < -0.39 is 10.0 Å². The zero-order valence-electron chi connectivity index (χ0n) is 11.5. The molecule has 2 heterocycles. The fraction of sp³-hybridized carbons (Fsp3) is 0.500. The molecule has 4 N–H and O–H groups in total. The predicted molar refractivity (Wildman–Crippen MR) is 75.9 cm³/mol. The summed E-state index contributed by atoms with van der Waals surface area (Å²) in [6.45, 7) is 0.816. The van der Waals surface area contributed by atoms with Gasteiger partial charge in [0, 0.05) is 43.0 Å². The van der Waals surface area contributed by atoms with E-state index in [9.17, 15) is 8.42 Å². The van der Waals surface area contributed by atoms with Gasteiger partial charge in [-0.15, -0.1) is 0 Å². The molecule has 2 aromatic heterocycles.